The minimum atomic E-state index is -0.975. The maximum absolute atomic E-state index is 11.9. The Balaban J connectivity index is 2.38. The van der Waals surface area contributed by atoms with Crippen LogP contribution in [-0.2, 0) is 9.59 Å². The molecule has 18 heavy (non-hydrogen) atoms. The second kappa shape index (κ2) is 4.86. The molecule has 1 amide bonds. The van der Waals surface area contributed by atoms with Crippen molar-refractivity contribution < 1.29 is 19.4 Å². The topological polar surface area (TPSA) is 66.8 Å². The third-order valence-corrected chi connectivity index (χ3v) is 3.22. The van der Waals surface area contributed by atoms with Crippen molar-refractivity contribution in [3.63, 3.8) is 0 Å². The number of methoxy groups -OCH3 is 1. The molecule has 0 saturated carbocycles. The van der Waals surface area contributed by atoms with Crippen LogP contribution in [0.1, 0.15) is 6.42 Å². The van der Waals surface area contributed by atoms with Gasteiger partial charge in [0.25, 0.3) is 0 Å². The Kier molecular flexibility index (Phi) is 3.43. The van der Waals surface area contributed by atoms with Crippen LogP contribution in [0.5, 0.6) is 5.75 Å². The summed E-state index contributed by atoms with van der Waals surface area (Å²) in [6.45, 7) is 0.119. The number of carboxylic acid groups (broad SMARTS) is 1. The van der Waals surface area contributed by atoms with Gasteiger partial charge in [-0.05, 0) is 12.1 Å². The maximum Gasteiger partial charge on any atom is 0.308 e. The lowest BCUT2D eigenvalue weighted by molar-refractivity contribution is -0.141. The molecule has 1 fully saturated rings. The van der Waals surface area contributed by atoms with Crippen LogP contribution in [0.2, 0.25) is 5.02 Å². The van der Waals surface area contributed by atoms with E-state index in [0.717, 1.165) is 0 Å². The normalized spacial score (nSPS) is 19.1. The Hall–Kier alpha value is -1.75. The van der Waals surface area contributed by atoms with E-state index in [9.17, 15) is 9.59 Å². The van der Waals surface area contributed by atoms with Crippen LogP contribution in [0.25, 0.3) is 0 Å². The first-order valence-corrected chi connectivity index (χ1v) is 5.78. The Morgan fingerprint density at radius 3 is 2.83 bits per heavy atom. The minimum Gasteiger partial charge on any atom is -0.495 e. The summed E-state index contributed by atoms with van der Waals surface area (Å²) >= 11 is 6.06. The van der Waals surface area contributed by atoms with Crippen molar-refractivity contribution in [2.45, 2.75) is 6.42 Å². The van der Waals surface area contributed by atoms with Crippen molar-refractivity contribution in [2.24, 2.45) is 5.92 Å². The number of amides is 1. The predicted octanol–water partition coefficient (Wildman–Crippen LogP) is 1.79. The van der Waals surface area contributed by atoms with E-state index in [1.165, 1.54) is 12.0 Å². The van der Waals surface area contributed by atoms with Crippen LogP contribution >= 0.6 is 11.6 Å². The van der Waals surface area contributed by atoms with E-state index >= 15 is 0 Å². The Morgan fingerprint density at radius 1 is 1.56 bits per heavy atom. The molecule has 1 atom stereocenters. The first-order valence-electron chi connectivity index (χ1n) is 5.40. The number of rotatable bonds is 3. The number of carboxylic acids is 1. The van der Waals surface area contributed by atoms with Gasteiger partial charge in [0.2, 0.25) is 5.91 Å². The number of aliphatic carboxylic acids is 1. The first-order chi connectivity index (χ1) is 8.54. The Morgan fingerprint density at radius 2 is 2.28 bits per heavy atom. The van der Waals surface area contributed by atoms with Crippen molar-refractivity contribution in [3.8, 4) is 5.75 Å². The second-order valence-corrected chi connectivity index (χ2v) is 4.44. The van der Waals surface area contributed by atoms with Crippen LogP contribution < -0.4 is 9.64 Å². The van der Waals surface area contributed by atoms with Gasteiger partial charge in [-0.2, -0.15) is 0 Å². The number of hydrogen-bond donors (Lipinski definition) is 1. The number of carbonyl (C=O) groups excluding carboxylic acids is 1. The van der Waals surface area contributed by atoms with Gasteiger partial charge in [0.15, 0.2) is 0 Å². The molecule has 96 valence electrons. The van der Waals surface area contributed by atoms with E-state index in [1.54, 1.807) is 18.2 Å². The number of carbonyl (C=O) groups is 2. The number of benzene rings is 1. The van der Waals surface area contributed by atoms with Crippen molar-refractivity contribution >= 4 is 29.2 Å². The molecule has 1 saturated heterocycles. The van der Waals surface area contributed by atoms with Gasteiger partial charge >= 0.3 is 5.97 Å². The zero-order valence-corrected chi connectivity index (χ0v) is 10.5. The lowest BCUT2D eigenvalue weighted by Crippen LogP contribution is -2.26. The third-order valence-electron chi connectivity index (χ3n) is 2.91. The SMILES string of the molecule is COc1cccc(Cl)c1N1CC(C(=O)O)CC1=O. The van der Waals surface area contributed by atoms with Gasteiger partial charge in [-0.25, -0.2) is 0 Å². The van der Waals surface area contributed by atoms with Gasteiger partial charge < -0.3 is 14.7 Å². The van der Waals surface area contributed by atoms with E-state index in [2.05, 4.69) is 0 Å². The quantitative estimate of drug-likeness (QED) is 0.908. The number of para-hydroxylation sites is 1. The third kappa shape index (κ3) is 2.13. The van der Waals surface area contributed by atoms with Crippen LogP contribution in [0, 0.1) is 5.92 Å². The van der Waals surface area contributed by atoms with E-state index in [-0.39, 0.29) is 18.9 Å². The molecule has 2 rings (SSSR count). The highest BCUT2D eigenvalue weighted by atomic mass is 35.5. The van der Waals surface area contributed by atoms with E-state index in [1.807, 2.05) is 0 Å². The molecular weight excluding hydrogens is 258 g/mol. The highest BCUT2D eigenvalue weighted by molar-refractivity contribution is 6.34. The summed E-state index contributed by atoms with van der Waals surface area (Å²) in [7, 11) is 1.48. The molecule has 0 bridgehead atoms. The summed E-state index contributed by atoms with van der Waals surface area (Å²) in [4.78, 5) is 24.2. The van der Waals surface area contributed by atoms with Crippen molar-refractivity contribution in [2.75, 3.05) is 18.6 Å². The fourth-order valence-corrected chi connectivity index (χ4v) is 2.28. The van der Waals surface area contributed by atoms with Gasteiger partial charge in [-0.3, -0.25) is 9.59 Å². The lowest BCUT2D eigenvalue weighted by atomic mass is 10.1. The molecule has 1 aromatic rings. The van der Waals surface area contributed by atoms with Crippen molar-refractivity contribution in [1.29, 1.82) is 0 Å². The molecule has 0 spiro atoms. The zero-order chi connectivity index (χ0) is 13.3. The zero-order valence-electron chi connectivity index (χ0n) is 9.72. The molecular formula is C12H12ClNO4. The molecule has 0 radical (unpaired) electrons. The van der Waals surface area contributed by atoms with Crippen LogP contribution in [0.15, 0.2) is 18.2 Å². The molecule has 1 N–H and O–H groups in total. The fraction of sp³-hybridized carbons (Fsp3) is 0.333. The average molecular weight is 270 g/mol. The average Bonchev–Trinajstić information content (AvgIpc) is 2.71. The number of nitrogens with zero attached hydrogens (tertiary/aromatic N) is 1. The Bertz CT molecular complexity index is 503. The molecule has 1 unspecified atom stereocenters. The number of anilines is 1. The monoisotopic (exact) mass is 269 g/mol. The molecule has 0 aliphatic carbocycles. The van der Waals surface area contributed by atoms with Crippen LogP contribution in [-0.4, -0.2) is 30.6 Å². The van der Waals surface area contributed by atoms with E-state index < -0.39 is 11.9 Å². The summed E-state index contributed by atoms with van der Waals surface area (Å²) in [6, 6.07) is 5.03. The van der Waals surface area contributed by atoms with E-state index in [4.69, 9.17) is 21.4 Å². The second-order valence-electron chi connectivity index (χ2n) is 4.03. The van der Waals surface area contributed by atoms with Crippen LogP contribution in [0.4, 0.5) is 5.69 Å². The molecule has 1 aliphatic heterocycles. The smallest absolute Gasteiger partial charge is 0.308 e. The van der Waals surface area contributed by atoms with Gasteiger partial charge in [0, 0.05) is 13.0 Å². The molecule has 1 aliphatic rings. The first kappa shape index (κ1) is 12.7. The Labute approximate surface area is 109 Å². The number of hydrogen-bond acceptors (Lipinski definition) is 3. The minimum absolute atomic E-state index is 0.0102. The number of ether oxygens (including phenoxy) is 1. The summed E-state index contributed by atoms with van der Waals surface area (Å²) in [6.07, 6.45) is -0.0102. The van der Waals surface area contributed by atoms with Crippen molar-refractivity contribution in [1.82, 2.24) is 0 Å². The molecule has 5 nitrogen and oxygen atoms in total. The maximum atomic E-state index is 11.9. The largest absolute Gasteiger partial charge is 0.495 e. The van der Waals surface area contributed by atoms with Gasteiger partial charge in [0.1, 0.15) is 11.4 Å². The summed E-state index contributed by atoms with van der Waals surface area (Å²) < 4.78 is 5.16. The lowest BCUT2D eigenvalue weighted by Gasteiger charge is -2.20. The van der Waals surface area contributed by atoms with E-state index in [0.29, 0.717) is 16.5 Å². The predicted molar refractivity (Wildman–Crippen MR) is 66.1 cm³/mol. The molecule has 0 aromatic heterocycles. The highest BCUT2D eigenvalue weighted by Crippen LogP contribution is 2.38. The molecule has 1 aromatic carbocycles. The van der Waals surface area contributed by atoms with Crippen LogP contribution in [0.3, 0.4) is 0 Å². The summed E-state index contributed by atoms with van der Waals surface area (Å²) in [5, 5.41) is 9.32. The standard InChI is InChI=1S/C12H12ClNO4/c1-18-9-4-2-3-8(13)11(9)14-6-7(12(16)17)5-10(14)15/h2-4,7H,5-6H2,1H3,(H,16,17). The molecule has 6 heteroatoms. The molecule has 1 heterocycles. The number of halogens is 1. The highest BCUT2D eigenvalue weighted by Gasteiger charge is 2.37. The van der Waals surface area contributed by atoms with Gasteiger partial charge in [0.05, 0.1) is 18.1 Å². The van der Waals surface area contributed by atoms with Gasteiger partial charge in [-0.1, -0.05) is 17.7 Å². The summed E-state index contributed by atoms with van der Waals surface area (Å²) in [5.41, 5.74) is 0.440. The van der Waals surface area contributed by atoms with Gasteiger partial charge in [-0.15, -0.1) is 0 Å². The fourth-order valence-electron chi connectivity index (χ4n) is 2.01. The van der Waals surface area contributed by atoms with Crippen molar-refractivity contribution in [3.05, 3.63) is 23.2 Å². The summed E-state index contributed by atoms with van der Waals surface area (Å²) in [5.74, 6) is -1.47.